The van der Waals surface area contributed by atoms with Gasteiger partial charge in [-0.15, -0.1) is 0 Å². The molecular weight excluding hydrogens is 274 g/mol. The second-order valence-electron chi connectivity index (χ2n) is 5.36. The van der Waals surface area contributed by atoms with Gasteiger partial charge in [-0.1, -0.05) is 11.8 Å². The first-order valence-electron chi connectivity index (χ1n) is 6.84. The lowest BCUT2D eigenvalue weighted by Crippen LogP contribution is -2.59. The van der Waals surface area contributed by atoms with Gasteiger partial charge in [0.1, 0.15) is 5.54 Å². The molecule has 0 aliphatic heterocycles. The molecule has 6 heteroatoms. The average molecular weight is 295 g/mol. The van der Waals surface area contributed by atoms with Crippen molar-refractivity contribution in [1.82, 2.24) is 15.3 Å². The van der Waals surface area contributed by atoms with E-state index in [-0.39, 0.29) is 12.0 Å². The van der Waals surface area contributed by atoms with Crippen molar-refractivity contribution in [3.63, 3.8) is 0 Å². The normalized spacial score (nSPS) is 17.8. The Hall–Kier alpha value is -1.14. The molecule has 1 aromatic rings. The molecule has 0 bridgehead atoms. The van der Waals surface area contributed by atoms with Gasteiger partial charge in [0.2, 0.25) is 0 Å². The van der Waals surface area contributed by atoms with Crippen LogP contribution in [0.5, 0.6) is 0 Å². The number of carbonyl (C=O) groups is 1. The number of hydrogen-bond donors (Lipinski definition) is 1. The molecule has 1 atom stereocenters. The first kappa shape index (κ1) is 15.3. The smallest absolute Gasteiger partial charge is 0.327 e. The van der Waals surface area contributed by atoms with Crippen molar-refractivity contribution in [2.75, 3.05) is 12.9 Å². The van der Waals surface area contributed by atoms with E-state index < -0.39 is 5.54 Å². The van der Waals surface area contributed by atoms with E-state index in [1.54, 1.807) is 18.5 Å². The lowest BCUT2D eigenvalue weighted by molar-refractivity contribution is -0.148. The van der Waals surface area contributed by atoms with E-state index in [1.807, 2.05) is 13.8 Å². The van der Waals surface area contributed by atoms with E-state index in [1.165, 1.54) is 18.9 Å². The molecule has 0 amide bonds. The number of esters is 1. The van der Waals surface area contributed by atoms with Crippen LogP contribution in [-0.2, 0) is 9.53 Å². The van der Waals surface area contributed by atoms with Gasteiger partial charge in [-0.3, -0.25) is 10.1 Å². The van der Waals surface area contributed by atoms with E-state index in [0.29, 0.717) is 16.8 Å². The van der Waals surface area contributed by atoms with Crippen LogP contribution in [0.25, 0.3) is 0 Å². The van der Waals surface area contributed by atoms with Crippen molar-refractivity contribution in [1.29, 1.82) is 0 Å². The van der Waals surface area contributed by atoms with Crippen LogP contribution in [0.15, 0.2) is 23.6 Å². The lowest BCUT2D eigenvalue weighted by Gasteiger charge is -2.33. The molecule has 0 saturated heterocycles. The molecule has 1 unspecified atom stereocenters. The summed E-state index contributed by atoms with van der Waals surface area (Å²) in [6.45, 7) is 4.09. The SMILES string of the molecule is COC(=O)C(CSc1ncccn1)(NC(C)C)C1CC1. The third kappa shape index (κ3) is 3.49. The van der Waals surface area contributed by atoms with Crippen molar-refractivity contribution in [3.05, 3.63) is 18.5 Å². The number of thioether (sulfide) groups is 1. The Bertz CT molecular complexity index is 451. The highest BCUT2D eigenvalue weighted by atomic mass is 32.2. The quantitative estimate of drug-likeness (QED) is 0.471. The summed E-state index contributed by atoms with van der Waals surface area (Å²) < 4.78 is 5.05. The van der Waals surface area contributed by atoms with Gasteiger partial charge in [-0.2, -0.15) is 0 Å². The van der Waals surface area contributed by atoms with Crippen LogP contribution in [0.1, 0.15) is 26.7 Å². The van der Waals surface area contributed by atoms with E-state index in [9.17, 15) is 4.79 Å². The molecule has 1 N–H and O–H groups in total. The molecule has 20 heavy (non-hydrogen) atoms. The van der Waals surface area contributed by atoms with Gasteiger partial charge in [-0.25, -0.2) is 9.97 Å². The number of nitrogens with zero attached hydrogens (tertiary/aromatic N) is 2. The predicted molar refractivity (Wildman–Crippen MR) is 78.5 cm³/mol. The number of aromatic nitrogens is 2. The zero-order chi connectivity index (χ0) is 14.6. The second-order valence-corrected chi connectivity index (χ2v) is 6.30. The summed E-state index contributed by atoms with van der Waals surface area (Å²) in [5.41, 5.74) is -0.632. The maximum Gasteiger partial charge on any atom is 0.327 e. The van der Waals surface area contributed by atoms with Crippen LogP contribution in [0.2, 0.25) is 0 Å². The van der Waals surface area contributed by atoms with Crippen LogP contribution in [-0.4, -0.2) is 40.4 Å². The Morgan fingerprint density at radius 1 is 1.50 bits per heavy atom. The van der Waals surface area contributed by atoms with Crippen LogP contribution in [0.3, 0.4) is 0 Å². The zero-order valence-corrected chi connectivity index (χ0v) is 12.9. The van der Waals surface area contributed by atoms with Crippen LogP contribution < -0.4 is 5.32 Å². The van der Waals surface area contributed by atoms with Crippen LogP contribution >= 0.6 is 11.8 Å². The third-order valence-corrected chi connectivity index (χ3v) is 4.41. The van der Waals surface area contributed by atoms with Crippen LogP contribution in [0, 0.1) is 5.92 Å². The van der Waals surface area contributed by atoms with Gasteiger partial charge in [0.25, 0.3) is 0 Å². The molecule has 1 aliphatic rings. The van der Waals surface area contributed by atoms with Gasteiger partial charge in [0.15, 0.2) is 5.16 Å². The molecule has 0 radical (unpaired) electrons. The monoisotopic (exact) mass is 295 g/mol. The highest BCUT2D eigenvalue weighted by Crippen LogP contribution is 2.43. The fourth-order valence-electron chi connectivity index (χ4n) is 2.37. The largest absolute Gasteiger partial charge is 0.468 e. The lowest BCUT2D eigenvalue weighted by atomic mass is 9.94. The van der Waals surface area contributed by atoms with Gasteiger partial charge < -0.3 is 4.74 Å². The highest BCUT2D eigenvalue weighted by molar-refractivity contribution is 7.99. The Kier molecular flexibility index (Phi) is 4.99. The fourth-order valence-corrected chi connectivity index (χ4v) is 3.44. The van der Waals surface area contributed by atoms with Crippen molar-refractivity contribution in [3.8, 4) is 0 Å². The summed E-state index contributed by atoms with van der Waals surface area (Å²) in [5.74, 6) is 0.748. The molecule has 1 heterocycles. The number of rotatable bonds is 7. The van der Waals surface area contributed by atoms with Gasteiger partial charge in [0, 0.05) is 24.2 Å². The van der Waals surface area contributed by atoms with Crippen LogP contribution in [0.4, 0.5) is 0 Å². The minimum Gasteiger partial charge on any atom is -0.468 e. The van der Waals surface area contributed by atoms with E-state index >= 15 is 0 Å². The molecule has 2 rings (SSSR count). The number of ether oxygens (including phenoxy) is 1. The molecule has 1 saturated carbocycles. The molecule has 1 fully saturated rings. The molecule has 1 aliphatic carbocycles. The Morgan fingerprint density at radius 3 is 2.65 bits per heavy atom. The third-order valence-electron chi connectivity index (χ3n) is 3.34. The van der Waals surface area contributed by atoms with Gasteiger partial charge in [0.05, 0.1) is 7.11 Å². The Labute approximate surface area is 123 Å². The van der Waals surface area contributed by atoms with E-state index in [2.05, 4.69) is 15.3 Å². The van der Waals surface area contributed by atoms with Gasteiger partial charge >= 0.3 is 5.97 Å². The van der Waals surface area contributed by atoms with E-state index in [0.717, 1.165) is 12.8 Å². The summed E-state index contributed by atoms with van der Waals surface area (Å²) in [6.07, 6.45) is 5.54. The van der Waals surface area contributed by atoms with Crippen molar-refractivity contribution in [2.45, 2.75) is 43.4 Å². The maximum atomic E-state index is 12.3. The Balaban J connectivity index is 2.14. The van der Waals surface area contributed by atoms with Crippen molar-refractivity contribution < 1.29 is 9.53 Å². The molecular formula is C14H21N3O2S. The standard InChI is InChI=1S/C14H21N3O2S/c1-10(2)17-14(11-5-6-11,12(18)19-3)9-20-13-15-7-4-8-16-13/h4,7-8,10-11,17H,5-6,9H2,1-3H3. The number of hydrogen-bond acceptors (Lipinski definition) is 6. The molecule has 5 nitrogen and oxygen atoms in total. The van der Waals surface area contributed by atoms with Crippen molar-refractivity contribution >= 4 is 17.7 Å². The van der Waals surface area contributed by atoms with Crippen molar-refractivity contribution in [2.24, 2.45) is 5.92 Å². The highest BCUT2D eigenvalue weighted by Gasteiger charge is 2.52. The van der Waals surface area contributed by atoms with Gasteiger partial charge in [-0.05, 0) is 38.7 Å². The molecule has 0 aromatic carbocycles. The summed E-state index contributed by atoms with van der Waals surface area (Å²) in [7, 11) is 1.45. The number of nitrogens with one attached hydrogen (secondary N) is 1. The summed E-state index contributed by atoms with van der Waals surface area (Å²) in [6, 6.07) is 2.00. The maximum absolute atomic E-state index is 12.3. The summed E-state index contributed by atoms with van der Waals surface area (Å²) >= 11 is 1.50. The summed E-state index contributed by atoms with van der Waals surface area (Å²) in [4.78, 5) is 20.7. The molecule has 0 spiro atoms. The average Bonchev–Trinajstić information content (AvgIpc) is 3.28. The molecule has 110 valence electrons. The zero-order valence-electron chi connectivity index (χ0n) is 12.1. The first-order chi connectivity index (χ1) is 9.58. The first-order valence-corrected chi connectivity index (χ1v) is 7.83. The molecule has 1 aromatic heterocycles. The topological polar surface area (TPSA) is 64.1 Å². The summed E-state index contributed by atoms with van der Waals surface area (Å²) in [5, 5.41) is 4.11. The predicted octanol–water partition coefficient (Wildman–Crippen LogP) is 1.89. The second kappa shape index (κ2) is 6.54. The minimum absolute atomic E-state index is 0.183. The minimum atomic E-state index is -0.632. The number of methoxy groups -OCH3 is 1. The fraction of sp³-hybridized carbons (Fsp3) is 0.643. The van der Waals surface area contributed by atoms with E-state index in [4.69, 9.17) is 4.74 Å². The number of carbonyl (C=O) groups excluding carboxylic acids is 1. The Morgan fingerprint density at radius 2 is 2.15 bits per heavy atom.